The topological polar surface area (TPSA) is 71.5 Å². The van der Waals surface area contributed by atoms with Crippen LogP contribution in [0, 0.1) is 32.4 Å². The lowest BCUT2D eigenvalue weighted by molar-refractivity contribution is -0.119. The quantitative estimate of drug-likeness (QED) is 0.280. The van der Waals surface area contributed by atoms with E-state index in [-0.39, 0.29) is 18.3 Å². The molecule has 212 valence electrons. The van der Waals surface area contributed by atoms with Crippen molar-refractivity contribution in [3.05, 3.63) is 93.3 Å². The number of pyridine rings is 1. The molecule has 1 amide bonds. The van der Waals surface area contributed by atoms with E-state index >= 15 is 0 Å². The lowest BCUT2D eigenvalue weighted by Crippen LogP contribution is -2.46. The molecule has 0 saturated carbocycles. The maximum absolute atomic E-state index is 14.9. The van der Waals surface area contributed by atoms with Gasteiger partial charge in [-0.25, -0.2) is 8.78 Å². The first kappa shape index (κ1) is 30.7. The number of carbonyl (C=O) groups excluding carboxylic acids is 1. The van der Waals surface area contributed by atoms with Crippen LogP contribution >= 0.6 is 0 Å². The van der Waals surface area contributed by atoms with E-state index in [0.29, 0.717) is 33.6 Å². The number of nitrogens with one attached hydrogen (secondary N) is 1. The number of halogens is 2. The van der Waals surface area contributed by atoms with Gasteiger partial charge in [0.25, 0.3) is 0 Å². The summed E-state index contributed by atoms with van der Waals surface area (Å²) < 4.78 is 34.8. The molecular formula is C33H38F2N2O3. The standard InChI is InChI=1S/C33H38F2N2O3/c1-9-10-26(29-12-19(2)30(35)16-31(29)40-8)28-14-24(17-36-22(28)5)27-15-25(34)13-23(21(27)4)11-20(3)32(39)37-33(6,7)18-38/h10-17,38H,9,18H2,1-8H3,(H,37,39)/b20-11+,26-10+. The summed E-state index contributed by atoms with van der Waals surface area (Å²) in [5.41, 5.74) is 5.97. The third-order valence-corrected chi connectivity index (χ3v) is 6.86. The SMILES string of the molecule is CC/C=C(/c1cc(C)c(F)cc1OC)c1cc(-c2cc(F)cc(/C=C(\C)C(=O)NC(C)(C)CO)c2C)cnc1C. The summed E-state index contributed by atoms with van der Waals surface area (Å²) in [6.45, 7) is 12.4. The van der Waals surface area contributed by atoms with Gasteiger partial charge in [-0.2, -0.15) is 0 Å². The molecule has 0 aliphatic carbocycles. The van der Waals surface area contributed by atoms with Crippen LogP contribution in [0.15, 0.2) is 48.2 Å². The van der Waals surface area contributed by atoms with Crippen LogP contribution in [0.4, 0.5) is 8.78 Å². The number of amides is 1. The fraction of sp³-hybridized carbons (Fsp3) is 0.333. The number of aliphatic hydroxyl groups is 1. The van der Waals surface area contributed by atoms with E-state index in [4.69, 9.17) is 4.74 Å². The fourth-order valence-electron chi connectivity index (χ4n) is 4.46. The second-order valence-corrected chi connectivity index (χ2v) is 10.7. The van der Waals surface area contributed by atoms with Crippen LogP contribution in [-0.2, 0) is 4.79 Å². The van der Waals surface area contributed by atoms with E-state index in [2.05, 4.69) is 10.3 Å². The van der Waals surface area contributed by atoms with Crippen molar-refractivity contribution in [1.29, 1.82) is 0 Å². The molecule has 40 heavy (non-hydrogen) atoms. The van der Waals surface area contributed by atoms with Gasteiger partial charge in [-0.05, 0) is 106 Å². The summed E-state index contributed by atoms with van der Waals surface area (Å²) in [6.07, 6.45) is 6.11. The number of aryl methyl sites for hydroxylation is 2. The van der Waals surface area contributed by atoms with Gasteiger partial charge in [0.05, 0.1) is 19.3 Å². The van der Waals surface area contributed by atoms with Gasteiger partial charge in [0.1, 0.15) is 17.4 Å². The number of allylic oxidation sites excluding steroid dienone is 1. The summed E-state index contributed by atoms with van der Waals surface area (Å²) in [7, 11) is 1.51. The molecule has 0 saturated heterocycles. The third-order valence-electron chi connectivity index (χ3n) is 6.86. The largest absolute Gasteiger partial charge is 0.496 e. The molecule has 3 aromatic rings. The van der Waals surface area contributed by atoms with Crippen molar-refractivity contribution in [3.8, 4) is 16.9 Å². The second kappa shape index (κ2) is 12.6. The van der Waals surface area contributed by atoms with Gasteiger partial charge in [-0.15, -0.1) is 0 Å². The monoisotopic (exact) mass is 548 g/mol. The third kappa shape index (κ3) is 6.83. The van der Waals surface area contributed by atoms with Crippen LogP contribution in [0.2, 0.25) is 0 Å². The summed E-state index contributed by atoms with van der Waals surface area (Å²) >= 11 is 0. The molecule has 1 aromatic heterocycles. The Hall–Kier alpha value is -3.84. The maximum Gasteiger partial charge on any atom is 0.247 e. The van der Waals surface area contributed by atoms with Crippen LogP contribution in [0.1, 0.15) is 67.6 Å². The minimum atomic E-state index is -0.784. The second-order valence-electron chi connectivity index (χ2n) is 10.7. The van der Waals surface area contributed by atoms with Gasteiger partial charge in [-0.3, -0.25) is 9.78 Å². The zero-order chi connectivity index (χ0) is 29.8. The van der Waals surface area contributed by atoms with Crippen molar-refractivity contribution in [2.45, 2.75) is 60.4 Å². The number of carbonyl (C=O) groups is 1. The number of nitrogens with zero attached hydrogens (tertiary/aromatic N) is 1. The predicted molar refractivity (Wildman–Crippen MR) is 157 cm³/mol. The average molecular weight is 549 g/mol. The molecule has 2 aromatic carbocycles. The van der Waals surface area contributed by atoms with E-state index in [0.717, 1.165) is 34.4 Å². The van der Waals surface area contributed by atoms with Gasteiger partial charge in [0.15, 0.2) is 0 Å². The first-order valence-corrected chi connectivity index (χ1v) is 13.3. The molecule has 0 spiro atoms. The zero-order valence-electron chi connectivity index (χ0n) is 24.5. The number of hydrogen-bond donors (Lipinski definition) is 2. The highest BCUT2D eigenvalue weighted by atomic mass is 19.1. The van der Waals surface area contributed by atoms with Crippen molar-refractivity contribution in [1.82, 2.24) is 10.3 Å². The predicted octanol–water partition coefficient (Wildman–Crippen LogP) is 7.09. The first-order valence-electron chi connectivity index (χ1n) is 13.3. The molecule has 0 fully saturated rings. The van der Waals surface area contributed by atoms with E-state index in [9.17, 15) is 18.7 Å². The highest BCUT2D eigenvalue weighted by molar-refractivity contribution is 5.98. The maximum atomic E-state index is 14.9. The molecule has 3 rings (SSSR count). The first-order chi connectivity index (χ1) is 18.8. The average Bonchev–Trinajstić information content (AvgIpc) is 2.90. The Morgan fingerprint density at radius 1 is 1.10 bits per heavy atom. The van der Waals surface area contributed by atoms with E-state index in [1.54, 1.807) is 46.0 Å². The number of ether oxygens (including phenoxy) is 1. The van der Waals surface area contributed by atoms with Crippen LogP contribution in [0.3, 0.4) is 0 Å². The van der Waals surface area contributed by atoms with E-state index in [1.807, 2.05) is 32.9 Å². The number of aromatic nitrogens is 1. The molecule has 0 aliphatic heterocycles. The molecule has 5 nitrogen and oxygen atoms in total. The zero-order valence-corrected chi connectivity index (χ0v) is 24.5. The molecule has 0 atom stereocenters. The minimum Gasteiger partial charge on any atom is -0.496 e. The molecular weight excluding hydrogens is 510 g/mol. The number of aliphatic hydroxyl groups excluding tert-OH is 1. The highest BCUT2D eigenvalue weighted by Gasteiger charge is 2.21. The fourth-order valence-corrected chi connectivity index (χ4v) is 4.46. The van der Waals surface area contributed by atoms with Gasteiger partial charge in [-0.1, -0.05) is 13.0 Å². The lowest BCUT2D eigenvalue weighted by Gasteiger charge is -2.23. The van der Waals surface area contributed by atoms with Crippen molar-refractivity contribution in [3.63, 3.8) is 0 Å². The summed E-state index contributed by atoms with van der Waals surface area (Å²) in [4.78, 5) is 17.3. The Kier molecular flexibility index (Phi) is 9.64. The number of hydrogen-bond acceptors (Lipinski definition) is 4. The van der Waals surface area contributed by atoms with Gasteiger partial charge in [0, 0.05) is 40.2 Å². The Morgan fingerprint density at radius 2 is 1.80 bits per heavy atom. The summed E-state index contributed by atoms with van der Waals surface area (Å²) in [5.74, 6) is -0.723. The molecule has 0 bridgehead atoms. The minimum absolute atomic E-state index is 0.213. The molecule has 7 heteroatoms. The van der Waals surface area contributed by atoms with Crippen molar-refractivity contribution in [2.24, 2.45) is 0 Å². The van der Waals surface area contributed by atoms with Crippen LogP contribution in [-0.4, -0.2) is 35.3 Å². The summed E-state index contributed by atoms with van der Waals surface area (Å²) in [5, 5.41) is 12.3. The van der Waals surface area contributed by atoms with Crippen LogP contribution < -0.4 is 10.1 Å². The van der Waals surface area contributed by atoms with Crippen LogP contribution in [0.25, 0.3) is 22.8 Å². The van der Waals surface area contributed by atoms with E-state index < -0.39 is 11.4 Å². The highest BCUT2D eigenvalue weighted by Crippen LogP contribution is 2.37. The Balaban J connectivity index is 2.15. The Labute approximate surface area is 235 Å². The van der Waals surface area contributed by atoms with Crippen molar-refractivity contribution < 1.29 is 23.4 Å². The van der Waals surface area contributed by atoms with Gasteiger partial charge < -0.3 is 15.2 Å². The Bertz CT molecular complexity index is 1490. The molecule has 0 unspecified atom stereocenters. The smallest absolute Gasteiger partial charge is 0.247 e. The number of benzene rings is 2. The van der Waals surface area contributed by atoms with Gasteiger partial charge in [0.2, 0.25) is 5.91 Å². The lowest BCUT2D eigenvalue weighted by atomic mass is 9.90. The molecule has 0 aliphatic rings. The summed E-state index contributed by atoms with van der Waals surface area (Å²) in [6, 6.07) is 7.96. The number of rotatable bonds is 9. The van der Waals surface area contributed by atoms with Crippen LogP contribution in [0.5, 0.6) is 5.75 Å². The van der Waals surface area contributed by atoms with Gasteiger partial charge >= 0.3 is 0 Å². The van der Waals surface area contributed by atoms with Crippen molar-refractivity contribution >= 4 is 17.6 Å². The van der Waals surface area contributed by atoms with E-state index in [1.165, 1.54) is 25.3 Å². The normalized spacial score (nSPS) is 12.5. The Morgan fingerprint density at radius 3 is 2.42 bits per heavy atom. The number of methoxy groups -OCH3 is 1. The molecule has 0 radical (unpaired) electrons. The molecule has 2 N–H and O–H groups in total. The van der Waals surface area contributed by atoms with Crippen molar-refractivity contribution in [2.75, 3.05) is 13.7 Å². The molecule has 1 heterocycles.